The number of benzene rings is 1. The Labute approximate surface area is 128 Å². The Morgan fingerprint density at radius 3 is 2.71 bits per heavy atom. The molecule has 0 saturated carbocycles. The molecule has 4 heteroatoms. The summed E-state index contributed by atoms with van der Waals surface area (Å²) in [6, 6.07) is 11.2. The zero-order valence-electron chi connectivity index (χ0n) is 13.2. The molecule has 0 radical (unpaired) electrons. The molecule has 0 spiro atoms. The maximum absolute atomic E-state index is 9.88. The van der Waals surface area contributed by atoms with E-state index in [1.165, 1.54) is 5.56 Å². The van der Waals surface area contributed by atoms with Crippen LogP contribution in [0.5, 0.6) is 0 Å². The van der Waals surface area contributed by atoms with Crippen molar-refractivity contribution in [1.29, 1.82) is 0 Å². The predicted molar refractivity (Wildman–Crippen MR) is 85.3 cm³/mol. The molecule has 0 bridgehead atoms. The van der Waals surface area contributed by atoms with Crippen molar-refractivity contribution in [3.8, 4) is 0 Å². The van der Waals surface area contributed by atoms with Crippen LogP contribution in [-0.4, -0.2) is 66.9 Å². The molecule has 1 aliphatic rings. The number of rotatable bonds is 6. The summed E-state index contributed by atoms with van der Waals surface area (Å²) in [7, 11) is 1.63. The van der Waals surface area contributed by atoms with Crippen molar-refractivity contribution in [3.63, 3.8) is 0 Å². The van der Waals surface area contributed by atoms with Crippen LogP contribution in [0.4, 0.5) is 0 Å². The molecule has 0 aliphatic carbocycles. The Morgan fingerprint density at radius 1 is 1.24 bits per heavy atom. The average Bonchev–Trinajstić information content (AvgIpc) is 2.64. The first-order valence-electron chi connectivity index (χ1n) is 7.86. The van der Waals surface area contributed by atoms with Crippen molar-refractivity contribution in [2.45, 2.75) is 32.0 Å². The van der Waals surface area contributed by atoms with E-state index in [-0.39, 0.29) is 6.10 Å². The second-order valence-electron chi connectivity index (χ2n) is 6.00. The molecule has 4 nitrogen and oxygen atoms in total. The minimum atomic E-state index is -0.383. The maximum atomic E-state index is 9.88. The molecule has 0 aromatic heterocycles. The van der Waals surface area contributed by atoms with Gasteiger partial charge in [-0.05, 0) is 25.5 Å². The lowest BCUT2D eigenvalue weighted by atomic mass is 10.1. The van der Waals surface area contributed by atoms with Gasteiger partial charge < -0.3 is 9.84 Å². The van der Waals surface area contributed by atoms with Crippen LogP contribution >= 0.6 is 0 Å². The van der Waals surface area contributed by atoms with Gasteiger partial charge in [-0.15, -0.1) is 0 Å². The molecule has 1 aromatic carbocycles. The average molecular weight is 292 g/mol. The third-order valence-corrected chi connectivity index (χ3v) is 4.25. The summed E-state index contributed by atoms with van der Waals surface area (Å²) in [6.45, 7) is 7.55. The Bertz CT molecular complexity index is 399. The molecular weight excluding hydrogens is 264 g/mol. The van der Waals surface area contributed by atoms with E-state index in [9.17, 15) is 5.11 Å². The first-order valence-corrected chi connectivity index (χ1v) is 7.86. The third-order valence-electron chi connectivity index (χ3n) is 4.25. The second kappa shape index (κ2) is 8.49. The molecular formula is C17H28N2O2. The second-order valence-corrected chi connectivity index (χ2v) is 6.00. The van der Waals surface area contributed by atoms with Gasteiger partial charge in [-0.2, -0.15) is 0 Å². The van der Waals surface area contributed by atoms with E-state index in [0.29, 0.717) is 19.2 Å². The van der Waals surface area contributed by atoms with Gasteiger partial charge in [0, 0.05) is 39.3 Å². The lowest BCUT2D eigenvalue weighted by Crippen LogP contribution is -2.37. The number of β-amino-alcohol motifs (C(OH)–C–C–N with tert-alkyl or cyclic N) is 1. The van der Waals surface area contributed by atoms with Gasteiger partial charge in [0.15, 0.2) is 0 Å². The summed E-state index contributed by atoms with van der Waals surface area (Å²) in [5.41, 5.74) is 1.37. The molecule has 1 N–H and O–H groups in total. The molecule has 1 fully saturated rings. The van der Waals surface area contributed by atoms with E-state index in [1.807, 2.05) is 0 Å². The van der Waals surface area contributed by atoms with Crippen LogP contribution in [0.1, 0.15) is 18.9 Å². The van der Waals surface area contributed by atoms with Crippen LogP contribution in [0.2, 0.25) is 0 Å². The molecule has 2 rings (SSSR count). The Hall–Kier alpha value is -0.940. The zero-order chi connectivity index (χ0) is 15.1. The van der Waals surface area contributed by atoms with Crippen LogP contribution in [0, 0.1) is 0 Å². The predicted octanol–water partition coefficient (Wildman–Crippen LogP) is 1.59. The SMILES string of the molecule is COC[C@@H](O)CN1CC[C@H](C)N(Cc2ccccc2)CC1. The first-order chi connectivity index (χ1) is 10.2. The number of hydrogen-bond acceptors (Lipinski definition) is 4. The van der Waals surface area contributed by atoms with E-state index >= 15 is 0 Å². The van der Waals surface area contributed by atoms with Gasteiger partial charge in [-0.25, -0.2) is 0 Å². The highest BCUT2D eigenvalue weighted by Crippen LogP contribution is 2.15. The normalized spacial score (nSPS) is 22.9. The Balaban J connectivity index is 1.86. The number of hydrogen-bond donors (Lipinski definition) is 1. The lowest BCUT2D eigenvalue weighted by molar-refractivity contribution is 0.0385. The van der Waals surface area contributed by atoms with E-state index in [4.69, 9.17) is 4.74 Å². The van der Waals surface area contributed by atoms with Crippen molar-refractivity contribution in [2.24, 2.45) is 0 Å². The first kappa shape index (κ1) is 16.4. The molecule has 0 unspecified atom stereocenters. The van der Waals surface area contributed by atoms with Crippen LogP contribution < -0.4 is 0 Å². The fraction of sp³-hybridized carbons (Fsp3) is 0.647. The number of methoxy groups -OCH3 is 1. The molecule has 1 aromatic rings. The molecule has 1 saturated heterocycles. The van der Waals surface area contributed by atoms with Crippen molar-refractivity contribution in [1.82, 2.24) is 9.80 Å². The largest absolute Gasteiger partial charge is 0.389 e. The maximum Gasteiger partial charge on any atom is 0.0900 e. The van der Waals surface area contributed by atoms with Gasteiger partial charge in [0.2, 0.25) is 0 Å². The number of nitrogens with zero attached hydrogens (tertiary/aromatic N) is 2. The lowest BCUT2D eigenvalue weighted by Gasteiger charge is -2.26. The Kier molecular flexibility index (Phi) is 6.64. The van der Waals surface area contributed by atoms with Gasteiger partial charge in [0.05, 0.1) is 12.7 Å². The zero-order valence-corrected chi connectivity index (χ0v) is 13.2. The van der Waals surface area contributed by atoms with Gasteiger partial charge in [0.25, 0.3) is 0 Å². The third kappa shape index (κ3) is 5.40. The highest BCUT2D eigenvalue weighted by Gasteiger charge is 2.22. The Morgan fingerprint density at radius 2 is 2.00 bits per heavy atom. The smallest absolute Gasteiger partial charge is 0.0900 e. The molecule has 0 amide bonds. The van der Waals surface area contributed by atoms with Crippen LogP contribution in [-0.2, 0) is 11.3 Å². The summed E-state index contributed by atoms with van der Waals surface area (Å²) in [6.07, 6.45) is 0.762. The van der Waals surface area contributed by atoms with Gasteiger partial charge in [-0.3, -0.25) is 9.80 Å². The van der Waals surface area contributed by atoms with Crippen molar-refractivity contribution < 1.29 is 9.84 Å². The van der Waals surface area contributed by atoms with Crippen LogP contribution in [0.3, 0.4) is 0 Å². The van der Waals surface area contributed by atoms with E-state index in [0.717, 1.165) is 32.6 Å². The summed E-state index contributed by atoms with van der Waals surface area (Å²) < 4.78 is 5.01. The van der Waals surface area contributed by atoms with Crippen molar-refractivity contribution >= 4 is 0 Å². The summed E-state index contributed by atoms with van der Waals surface area (Å²) >= 11 is 0. The summed E-state index contributed by atoms with van der Waals surface area (Å²) in [5.74, 6) is 0. The topological polar surface area (TPSA) is 35.9 Å². The molecule has 1 heterocycles. The minimum absolute atomic E-state index is 0.383. The quantitative estimate of drug-likeness (QED) is 0.864. The molecule has 1 aliphatic heterocycles. The van der Waals surface area contributed by atoms with Crippen LogP contribution in [0.25, 0.3) is 0 Å². The van der Waals surface area contributed by atoms with Crippen LogP contribution in [0.15, 0.2) is 30.3 Å². The van der Waals surface area contributed by atoms with Gasteiger partial charge >= 0.3 is 0 Å². The van der Waals surface area contributed by atoms with Crippen molar-refractivity contribution in [3.05, 3.63) is 35.9 Å². The fourth-order valence-electron chi connectivity index (χ4n) is 2.93. The minimum Gasteiger partial charge on any atom is -0.389 e. The molecule has 21 heavy (non-hydrogen) atoms. The summed E-state index contributed by atoms with van der Waals surface area (Å²) in [4.78, 5) is 4.89. The van der Waals surface area contributed by atoms with E-state index in [2.05, 4.69) is 47.1 Å². The van der Waals surface area contributed by atoms with E-state index in [1.54, 1.807) is 7.11 Å². The summed E-state index contributed by atoms with van der Waals surface area (Å²) in [5, 5.41) is 9.88. The fourth-order valence-corrected chi connectivity index (χ4v) is 2.93. The number of ether oxygens (including phenoxy) is 1. The number of aliphatic hydroxyl groups is 1. The van der Waals surface area contributed by atoms with Gasteiger partial charge in [-0.1, -0.05) is 30.3 Å². The molecule has 2 atom stereocenters. The van der Waals surface area contributed by atoms with Gasteiger partial charge in [0.1, 0.15) is 0 Å². The highest BCUT2D eigenvalue weighted by molar-refractivity contribution is 5.14. The van der Waals surface area contributed by atoms with Crippen molar-refractivity contribution in [2.75, 3.05) is 39.9 Å². The molecule has 118 valence electrons. The highest BCUT2D eigenvalue weighted by atomic mass is 16.5. The number of aliphatic hydroxyl groups excluding tert-OH is 1. The standard InChI is InChI=1S/C17H28N2O2/c1-15-8-9-18(13-17(20)14-21-2)10-11-19(15)12-16-6-4-3-5-7-16/h3-7,15,17,20H,8-14H2,1-2H3/t15-,17-/m0/s1. The monoisotopic (exact) mass is 292 g/mol. The van der Waals surface area contributed by atoms with E-state index < -0.39 is 0 Å².